The van der Waals surface area contributed by atoms with Gasteiger partial charge in [-0.1, -0.05) is 0 Å². The van der Waals surface area contributed by atoms with Gasteiger partial charge in [0.2, 0.25) is 0 Å². The molecule has 0 saturated heterocycles. The molecule has 1 unspecified atom stereocenters. The number of carbonyl (C=O) groups excluding carboxylic acids is 3. The van der Waals surface area contributed by atoms with Gasteiger partial charge in [0.05, 0.1) is 7.11 Å². The van der Waals surface area contributed by atoms with Gasteiger partial charge >= 0.3 is 18.2 Å². The number of hydrogen-bond donors (Lipinski definition) is 1. The van der Waals surface area contributed by atoms with E-state index in [1.165, 1.54) is 7.11 Å². The van der Waals surface area contributed by atoms with Crippen molar-refractivity contribution in [1.29, 1.82) is 0 Å². The van der Waals surface area contributed by atoms with Crippen LogP contribution in [0.5, 0.6) is 0 Å². The lowest BCUT2D eigenvalue weighted by Crippen LogP contribution is -2.56. The van der Waals surface area contributed by atoms with Crippen molar-refractivity contribution in [3.05, 3.63) is 0 Å². The van der Waals surface area contributed by atoms with Gasteiger partial charge in [-0.15, -0.1) is 0 Å². The summed E-state index contributed by atoms with van der Waals surface area (Å²) in [6, 6.07) is -1.22. The minimum absolute atomic E-state index is 0.0962. The van der Waals surface area contributed by atoms with Crippen molar-refractivity contribution in [2.45, 2.75) is 71.6 Å². The van der Waals surface area contributed by atoms with Gasteiger partial charge in [0.1, 0.15) is 11.2 Å². The monoisotopic (exact) mass is 428 g/mol. The molecule has 0 aromatic carbocycles. The van der Waals surface area contributed by atoms with Crippen molar-refractivity contribution in [2.75, 3.05) is 33.3 Å². The summed E-state index contributed by atoms with van der Waals surface area (Å²) in [5.74, 6) is -0.724. The zero-order valence-electron chi connectivity index (χ0n) is 19.2. The van der Waals surface area contributed by atoms with Gasteiger partial charge < -0.3 is 24.5 Å². The van der Waals surface area contributed by atoms with Gasteiger partial charge in [0.25, 0.3) is 0 Å². The highest BCUT2D eigenvalue weighted by atomic mass is 16.6. The summed E-state index contributed by atoms with van der Waals surface area (Å²) in [5.41, 5.74) is 1.21. The first kappa shape index (κ1) is 25.7. The number of nitrogens with one attached hydrogen (secondary N) is 1. The second-order valence-electron chi connectivity index (χ2n) is 9.03. The van der Waals surface area contributed by atoms with Crippen LogP contribution in [-0.2, 0) is 19.0 Å². The molecule has 30 heavy (non-hydrogen) atoms. The van der Waals surface area contributed by atoms with Crippen molar-refractivity contribution < 1.29 is 28.6 Å². The Kier molecular flexibility index (Phi) is 9.54. The van der Waals surface area contributed by atoms with Crippen molar-refractivity contribution in [3.8, 4) is 0 Å². The van der Waals surface area contributed by atoms with Gasteiger partial charge in [-0.2, -0.15) is 10.0 Å². The fraction of sp³-hybridized carbons (Fsp3) is 0.800. The Bertz CT molecular complexity index is 596. The first-order valence-corrected chi connectivity index (χ1v) is 10.1. The zero-order valence-corrected chi connectivity index (χ0v) is 19.2. The maximum absolute atomic E-state index is 12.9. The molecule has 1 aliphatic rings. The number of rotatable bonds is 4. The number of methoxy groups -OCH3 is 1. The molecule has 1 aliphatic heterocycles. The third-order valence-corrected chi connectivity index (χ3v) is 3.92. The summed E-state index contributed by atoms with van der Waals surface area (Å²) in [5, 5.41) is 4.08. The minimum Gasteiger partial charge on any atom is -0.467 e. The lowest BCUT2D eigenvalue weighted by Gasteiger charge is -2.34. The second-order valence-corrected chi connectivity index (χ2v) is 9.03. The Labute approximate surface area is 178 Å². The number of amides is 2. The highest BCUT2D eigenvalue weighted by Gasteiger charge is 2.41. The minimum atomic E-state index is -1.22. The molecule has 10 nitrogen and oxygen atoms in total. The number of imide groups is 1. The van der Waals surface area contributed by atoms with E-state index in [9.17, 15) is 14.4 Å². The van der Waals surface area contributed by atoms with E-state index in [1.54, 1.807) is 47.8 Å². The van der Waals surface area contributed by atoms with Gasteiger partial charge in [0.15, 0.2) is 6.04 Å². The van der Waals surface area contributed by atoms with E-state index in [2.05, 4.69) is 10.5 Å². The molecule has 0 fully saturated rings. The SMILES string of the molecule is COC(=O)C(CN1CC/C=N\NCCC1)N(C(=O)OC(C)(C)C)C(=O)OC(C)(C)C. The molecule has 0 bridgehead atoms. The molecule has 1 rings (SSSR count). The van der Waals surface area contributed by atoms with Crippen LogP contribution in [0.1, 0.15) is 54.4 Å². The second kappa shape index (κ2) is 11.1. The molecule has 0 aromatic rings. The topological polar surface area (TPSA) is 110 Å². The van der Waals surface area contributed by atoms with E-state index in [1.807, 2.05) is 4.90 Å². The fourth-order valence-electron chi connectivity index (χ4n) is 2.70. The summed E-state index contributed by atoms with van der Waals surface area (Å²) in [6.07, 6.45) is 1.27. The first-order chi connectivity index (χ1) is 13.8. The van der Waals surface area contributed by atoms with Crippen molar-refractivity contribution in [2.24, 2.45) is 5.10 Å². The van der Waals surface area contributed by atoms with Crippen LogP contribution < -0.4 is 5.43 Å². The molecule has 2 amide bonds. The highest BCUT2D eigenvalue weighted by molar-refractivity contribution is 5.94. The molecule has 10 heteroatoms. The lowest BCUT2D eigenvalue weighted by atomic mass is 10.2. The van der Waals surface area contributed by atoms with Crippen LogP contribution in [0.4, 0.5) is 9.59 Å². The Balaban J connectivity index is 3.20. The third-order valence-electron chi connectivity index (χ3n) is 3.92. The molecule has 0 radical (unpaired) electrons. The average molecular weight is 429 g/mol. The van der Waals surface area contributed by atoms with Gasteiger partial charge in [-0.25, -0.2) is 14.4 Å². The van der Waals surface area contributed by atoms with E-state index in [0.717, 1.165) is 11.3 Å². The number of ether oxygens (including phenoxy) is 3. The van der Waals surface area contributed by atoms with Crippen LogP contribution in [0.15, 0.2) is 5.10 Å². The molecule has 0 spiro atoms. The van der Waals surface area contributed by atoms with Crippen LogP contribution in [-0.4, -0.2) is 84.7 Å². The highest BCUT2D eigenvalue weighted by Crippen LogP contribution is 2.18. The molecule has 1 heterocycles. The molecule has 0 aliphatic carbocycles. The van der Waals surface area contributed by atoms with E-state index in [-0.39, 0.29) is 6.54 Å². The van der Waals surface area contributed by atoms with Crippen LogP contribution in [0.25, 0.3) is 0 Å². The summed E-state index contributed by atoms with van der Waals surface area (Å²) >= 11 is 0. The van der Waals surface area contributed by atoms with Gasteiger partial charge in [-0.05, 0) is 60.9 Å². The third kappa shape index (κ3) is 9.43. The maximum atomic E-state index is 12.9. The summed E-state index contributed by atoms with van der Waals surface area (Å²) in [6.45, 7) is 12.1. The zero-order chi connectivity index (χ0) is 22.9. The molecule has 172 valence electrons. The van der Waals surface area contributed by atoms with Gasteiger partial charge in [-0.3, -0.25) is 0 Å². The van der Waals surface area contributed by atoms with E-state index in [4.69, 9.17) is 14.2 Å². The predicted molar refractivity (Wildman–Crippen MR) is 112 cm³/mol. The van der Waals surface area contributed by atoms with Crippen molar-refractivity contribution in [3.63, 3.8) is 0 Å². The number of hydrogen-bond acceptors (Lipinski definition) is 9. The normalized spacial score (nSPS) is 18.0. The van der Waals surface area contributed by atoms with E-state index >= 15 is 0 Å². The van der Waals surface area contributed by atoms with Crippen LogP contribution in [0.2, 0.25) is 0 Å². The van der Waals surface area contributed by atoms with Crippen LogP contribution in [0, 0.1) is 0 Å². The van der Waals surface area contributed by atoms with Crippen LogP contribution in [0.3, 0.4) is 0 Å². The van der Waals surface area contributed by atoms with E-state index < -0.39 is 35.4 Å². The molecule has 0 aromatic heterocycles. The summed E-state index contributed by atoms with van der Waals surface area (Å²) < 4.78 is 15.7. The fourth-order valence-corrected chi connectivity index (χ4v) is 2.70. The quantitative estimate of drug-likeness (QED) is 0.537. The van der Waals surface area contributed by atoms with E-state index in [0.29, 0.717) is 26.1 Å². The maximum Gasteiger partial charge on any atom is 0.420 e. The van der Waals surface area contributed by atoms with Crippen molar-refractivity contribution >= 4 is 24.4 Å². The lowest BCUT2D eigenvalue weighted by molar-refractivity contribution is -0.147. The Hall–Kier alpha value is -2.36. The molecule has 0 saturated carbocycles. The summed E-state index contributed by atoms with van der Waals surface area (Å²) in [7, 11) is 1.22. The number of esters is 1. The molecular formula is C20H36N4O6. The molecule has 1 atom stereocenters. The van der Waals surface area contributed by atoms with Gasteiger partial charge in [0, 0.05) is 25.8 Å². The van der Waals surface area contributed by atoms with Crippen molar-refractivity contribution in [1.82, 2.24) is 15.2 Å². The Morgan fingerprint density at radius 1 is 1.07 bits per heavy atom. The smallest absolute Gasteiger partial charge is 0.420 e. The predicted octanol–water partition coefficient (Wildman–Crippen LogP) is 2.37. The largest absolute Gasteiger partial charge is 0.467 e. The number of carbonyl (C=O) groups is 3. The Morgan fingerprint density at radius 3 is 2.13 bits per heavy atom. The standard InChI is InChI=1S/C20H36N4O6/c1-19(2,3)29-17(26)24(18(27)30-20(4,5)6)15(16(25)28-7)14-23-12-8-10-21-22-11-9-13-23/h10,15,22H,8-9,11-14H2,1-7H3/b21-10-. The summed E-state index contributed by atoms with van der Waals surface area (Å²) in [4.78, 5) is 41.2. The van der Waals surface area contributed by atoms with Crippen LogP contribution >= 0.6 is 0 Å². The molecular weight excluding hydrogens is 392 g/mol. The molecule has 1 N–H and O–H groups in total. The average Bonchev–Trinajstić information content (AvgIpc) is 2.71. The number of nitrogens with zero attached hydrogens (tertiary/aromatic N) is 3. The number of hydrazone groups is 1. The Morgan fingerprint density at radius 2 is 1.63 bits per heavy atom. The first-order valence-electron chi connectivity index (χ1n) is 10.1.